The lowest BCUT2D eigenvalue weighted by atomic mass is 9.72. The van der Waals surface area contributed by atoms with Gasteiger partial charge in [0, 0.05) is 3.92 Å². The third-order valence-corrected chi connectivity index (χ3v) is 8.37. The predicted molar refractivity (Wildman–Crippen MR) is 82.7 cm³/mol. The van der Waals surface area contributed by atoms with Gasteiger partial charge in [-0.15, -0.1) is 0 Å². The summed E-state index contributed by atoms with van der Waals surface area (Å²) in [6.07, 6.45) is 12.8. The number of fused-ring (bicyclic) bond motifs is 1. The van der Waals surface area contributed by atoms with Crippen molar-refractivity contribution in [3.63, 3.8) is 0 Å². The Morgan fingerprint density at radius 2 is 1.89 bits per heavy atom. The van der Waals surface area contributed by atoms with Gasteiger partial charge in [-0.25, -0.2) is 0 Å². The number of hydrogen-bond donors (Lipinski definition) is 0. The molecular formula is C17H25I. The molecule has 5 aliphatic rings. The van der Waals surface area contributed by atoms with Crippen LogP contribution in [0.1, 0.15) is 58.3 Å². The molecule has 0 saturated heterocycles. The lowest BCUT2D eigenvalue weighted by molar-refractivity contribution is 0.183. The first-order valence-electron chi connectivity index (χ1n) is 8.25. The Morgan fingerprint density at radius 3 is 2.56 bits per heavy atom. The number of halogens is 1. The van der Waals surface area contributed by atoms with Gasteiger partial charge in [-0.2, -0.15) is 0 Å². The molecule has 7 atom stereocenters. The normalized spacial score (nSPS) is 63.0. The minimum absolute atomic E-state index is 0.858. The average Bonchev–Trinajstić information content (AvgIpc) is 3.21. The summed E-state index contributed by atoms with van der Waals surface area (Å²) in [6.45, 7) is 2.57. The van der Waals surface area contributed by atoms with E-state index in [4.69, 9.17) is 0 Å². The van der Waals surface area contributed by atoms with Crippen LogP contribution in [-0.4, -0.2) is 3.92 Å². The fraction of sp³-hybridized carbons (Fsp3) is 1.00. The molecule has 5 aliphatic carbocycles. The molecule has 2 spiro atoms. The monoisotopic (exact) mass is 356 g/mol. The molecule has 0 heterocycles. The van der Waals surface area contributed by atoms with E-state index in [9.17, 15) is 0 Å². The molecule has 0 aromatic carbocycles. The van der Waals surface area contributed by atoms with Crippen molar-refractivity contribution >= 4 is 22.6 Å². The highest BCUT2D eigenvalue weighted by Gasteiger charge is 2.69. The first-order chi connectivity index (χ1) is 8.61. The van der Waals surface area contributed by atoms with Gasteiger partial charge in [-0.3, -0.25) is 0 Å². The van der Waals surface area contributed by atoms with E-state index in [2.05, 4.69) is 29.5 Å². The molecule has 0 amide bonds. The zero-order valence-corrected chi connectivity index (χ0v) is 13.7. The van der Waals surface area contributed by atoms with Gasteiger partial charge in [0.25, 0.3) is 0 Å². The molecule has 7 unspecified atom stereocenters. The van der Waals surface area contributed by atoms with Crippen LogP contribution in [0.15, 0.2) is 0 Å². The largest absolute Gasteiger partial charge is 0.0826 e. The fourth-order valence-corrected chi connectivity index (χ4v) is 8.37. The summed E-state index contributed by atoms with van der Waals surface area (Å²) in [6, 6.07) is 0. The van der Waals surface area contributed by atoms with Gasteiger partial charge in [-0.05, 0) is 91.8 Å². The van der Waals surface area contributed by atoms with Crippen LogP contribution in [0.4, 0.5) is 0 Å². The van der Waals surface area contributed by atoms with Gasteiger partial charge in [0.2, 0.25) is 0 Å². The number of alkyl halides is 1. The Hall–Kier alpha value is 0.730. The van der Waals surface area contributed by atoms with E-state index in [1.807, 2.05) is 0 Å². The zero-order chi connectivity index (χ0) is 12.1. The van der Waals surface area contributed by atoms with Crippen LogP contribution in [0.2, 0.25) is 0 Å². The standard InChI is InChI=1S/C17H25I/c1-10-4-11-5-13(11)15(10)14-8-17(14)7-12(18)6-16(9-17)2-3-16/h10-15H,2-9H2,1H3. The molecular weight excluding hydrogens is 331 g/mol. The van der Waals surface area contributed by atoms with Crippen LogP contribution < -0.4 is 0 Å². The maximum absolute atomic E-state index is 2.78. The van der Waals surface area contributed by atoms with Crippen LogP contribution in [0.25, 0.3) is 0 Å². The SMILES string of the molecule is CC1CC2CC2C1C1CC12CC(I)CC1(CC1)C2. The Balaban J connectivity index is 1.39. The van der Waals surface area contributed by atoms with E-state index in [0.29, 0.717) is 0 Å². The summed E-state index contributed by atoms with van der Waals surface area (Å²) in [4.78, 5) is 0. The maximum atomic E-state index is 2.78. The van der Waals surface area contributed by atoms with Gasteiger partial charge < -0.3 is 0 Å². The summed E-state index contributed by atoms with van der Waals surface area (Å²) in [5.74, 6) is 5.76. The van der Waals surface area contributed by atoms with Gasteiger partial charge in [-0.1, -0.05) is 29.5 Å². The smallest absolute Gasteiger partial charge is 0.0120 e. The van der Waals surface area contributed by atoms with Crippen LogP contribution in [0.3, 0.4) is 0 Å². The lowest BCUT2D eigenvalue weighted by Crippen LogP contribution is -2.28. The van der Waals surface area contributed by atoms with Crippen LogP contribution in [-0.2, 0) is 0 Å². The minimum Gasteiger partial charge on any atom is -0.0826 e. The topological polar surface area (TPSA) is 0 Å². The maximum Gasteiger partial charge on any atom is 0.0120 e. The molecule has 5 rings (SSSR count). The van der Waals surface area contributed by atoms with E-state index in [-0.39, 0.29) is 0 Å². The van der Waals surface area contributed by atoms with Gasteiger partial charge in [0.05, 0.1) is 0 Å². The molecule has 100 valence electrons. The van der Waals surface area contributed by atoms with Gasteiger partial charge in [0.15, 0.2) is 0 Å². The van der Waals surface area contributed by atoms with Crippen molar-refractivity contribution in [1.82, 2.24) is 0 Å². The zero-order valence-electron chi connectivity index (χ0n) is 11.5. The number of hydrogen-bond acceptors (Lipinski definition) is 0. The molecule has 0 bridgehead atoms. The molecule has 5 fully saturated rings. The summed E-state index contributed by atoms with van der Waals surface area (Å²) >= 11 is 2.78. The van der Waals surface area contributed by atoms with Crippen molar-refractivity contribution < 1.29 is 0 Å². The Kier molecular flexibility index (Phi) is 2.09. The highest BCUT2D eigenvalue weighted by Crippen LogP contribution is 2.77. The van der Waals surface area contributed by atoms with Crippen molar-refractivity contribution in [1.29, 1.82) is 0 Å². The third-order valence-electron chi connectivity index (χ3n) is 7.49. The van der Waals surface area contributed by atoms with E-state index in [1.54, 1.807) is 51.4 Å². The van der Waals surface area contributed by atoms with E-state index in [0.717, 1.165) is 26.6 Å². The van der Waals surface area contributed by atoms with Crippen molar-refractivity contribution in [2.75, 3.05) is 0 Å². The molecule has 0 radical (unpaired) electrons. The van der Waals surface area contributed by atoms with Crippen LogP contribution in [0.5, 0.6) is 0 Å². The van der Waals surface area contributed by atoms with Crippen molar-refractivity contribution in [3.05, 3.63) is 0 Å². The quantitative estimate of drug-likeness (QED) is 0.455. The first-order valence-corrected chi connectivity index (χ1v) is 9.50. The highest BCUT2D eigenvalue weighted by atomic mass is 127. The average molecular weight is 356 g/mol. The molecule has 5 saturated carbocycles. The van der Waals surface area contributed by atoms with Gasteiger partial charge >= 0.3 is 0 Å². The molecule has 0 aliphatic heterocycles. The van der Waals surface area contributed by atoms with Crippen LogP contribution >= 0.6 is 22.6 Å². The second-order valence-electron chi connectivity index (χ2n) is 8.81. The van der Waals surface area contributed by atoms with E-state index < -0.39 is 0 Å². The summed E-state index contributed by atoms with van der Waals surface area (Å²) in [5.41, 5.74) is 1.72. The molecule has 1 heteroatoms. The molecule has 0 aromatic rings. The summed E-state index contributed by atoms with van der Waals surface area (Å²) < 4.78 is 1.01. The Labute approximate surface area is 125 Å². The summed E-state index contributed by atoms with van der Waals surface area (Å²) in [5, 5.41) is 0. The van der Waals surface area contributed by atoms with Crippen molar-refractivity contribution in [2.45, 2.75) is 62.2 Å². The molecule has 0 nitrogen and oxygen atoms in total. The fourth-order valence-electron chi connectivity index (χ4n) is 6.56. The Bertz CT molecular complexity index is 396. The van der Waals surface area contributed by atoms with Crippen LogP contribution in [0, 0.1) is 40.4 Å². The van der Waals surface area contributed by atoms with Crippen molar-refractivity contribution in [2.24, 2.45) is 40.4 Å². The Morgan fingerprint density at radius 1 is 1.06 bits per heavy atom. The van der Waals surface area contributed by atoms with E-state index in [1.165, 1.54) is 17.8 Å². The van der Waals surface area contributed by atoms with E-state index >= 15 is 0 Å². The lowest BCUT2D eigenvalue weighted by Gasteiger charge is -2.35. The minimum atomic E-state index is 0.858. The number of rotatable bonds is 1. The predicted octanol–water partition coefficient (Wildman–Crippen LogP) is 5.05. The molecule has 0 N–H and O–H groups in total. The first kappa shape index (κ1) is 11.4. The molecule has 0 aromatic heterocycles. The molecule has 18 heavy (non-hydrogen) atoms. The second kappa shape index (κ2) is 3.31. The van der Waals surface area contributed by atoms with Crippen molar-refractivity contribution in [3.8, 4) is 0 Å². The third kappa shape index (κ3) is 1.49. The highest BCUT2D eigenvalue weighted by molar-refractivity contribution is 14.1. The van der Waals surface area contributed by atoms with Gasteiger partial charge in [0.1, 0.15) is 0 Å². The second-order valence-corrected chi connectivity index (χ2v) is 10.6. The summed E-state index contributed by atoms with van der Waals surface area (Å²) in [7, 11) is 0.